The van der Waals surface area contributed by atoms with Gasteiger partial charge in [-0.3, -0.25) is 9.69 Å². The first-order chi connectivity index (χ1) is 11.0. The number of nitrogens with one attached hydrogen (secondary N) is 1. The highest BCUT2D eigenvalue weighted by atomic mass is 35.5. The fourth-order valence-electron chi connectivity index (χ4n) is 2.30. The van der Waals surface area contributed by atoms with E-state index >= 15 is 0 Å². The molecule has 1 amide bonds. The van der Waals surface area contributed by atoms with Gasteiger partial charge in [0, 0.05) is 24.7 Å². The van der Waals surface area contributed by atoms with Gasteiger partial charge in [0.2, 0.25) is 5.91 Å². The van der Waals surface area contributed by atoms with Gasteiger partial charge in [-0.25, -0.2) is 8.42 Å². The Hall–Kier alpha value is -1.15. The Morgan fingerprint density at radius 3 is 2.52 bits per heavy atom. The Morgan fingerprint density at radius 1 is 1.22 bits per heavy atom. The van der Waals surface area contributed by atoms with Crippen LogP contribution < -0.4 is 5.32 Å². The minimum atomic E-state index is -3.63. The van der Waals surface area contributed by atoms with Crippen LogP contribution in [0.4, 0.5) is 0 Å². The normalized spacial score (nSPS) is 16.2. The maximum Gasteiger partial charge on any atom is 0.235 e. The van der Waals surface area contributed by atoms with E-state index in [9.17, 15) is 13.2 Å². The summed E-state index contributed by atoms with van der Waals surface area (Å²) in [5, 5.41) is 3.11. The summed E-state index contributed by atoms with van der Waals surface area (Å²) in [6.07, 6.45) is 0.784. The second-order valence-corrected chi connectivity index (χ2v) is 7.80. The van der Waals surface area contributed by atoms with Crippen LogP contribution in [0, 0.1) is 0 Å². The zero-order valence-corrected chi connectivity index (χ0v) is 14.4. The molecule has 0 spiro atoms. The van der Waals surface area contributed by atoms with Crippen molar-refractivity contribution in [2.45, 2.75) is 11.3 Å². The summed E-state index contributed by atoms with van der Waals surface area (Å²) in [5.74, 6) is -1.03. The Morgan fingerprint density at radius 2 is 1.87 bits per heavy atom. The third-order valence-electron chi connectivity index (χ3n) is 3.57. The fraction of sp³-hybridized carbons (Fsp3) is 0.533. The van der Waals surface area contributed by atoms with E-state index in [4.69, 9.17) is 16.3 Å². The maximum absolute atomic E-state index is 12.1. The summed E-state index contributed by atoms with van der Waals surface area (Å²) in [6, 6.07) is 5.80. The van der Waals surface area contributed by atoms with Crippen molar-refractivity contribution in [2.75, 3.05) is 45.1 Å². The molecule has 1 aliphatic rings. The van der Waals surface area contributed by atoms with Gasteiger partial charge < -0.3 is 10.1 Å². The van der Waals surface area contributed by atoms with Gasteiger partial charge in [-0.15, -0.1) is 0 Å². The topological polar surface area (TPSA) is 75.7 Å². The van der Waals surface area contributed by atoms with E-state index in [-0.39, 0.29) is 4.90 Å². The monoisotopic (exact) mass is 360 g/mol. The van der Waals surface area contributed by atoms with Crippen LogP contribution in [-0.4, -0.2) is 64.4 Å². The molecule has 8 heteroatoms. The summed E-state index contributed by atoms with van der Waals surface area (Å²) >= 11 is 5.73. The van der Waals surface area contributed by atoms with Crippen molar-refractivity contribution in [1.29, 1.82) is 0 Å². The van der Waals surface area contributed by atoms with Gasteiger partial charge in [-0.1, -0.05) is 11.6 Å². The van der Waals surface area contributed by atoms with E-state index in [1.54, 1.807) is 0 Å². The van der Waals surface area contributed by atoms with Gasteiger partial charge in [0.15, 0.2) is 9.84 Å². The highest BCUT2D eigenvalue weighted by Gasteiger charge is 2.19. The van der Waals surface area contributed by atoms with E-state index in [1.807, 2.05) is 0 Å². The van der Waals surface area contributed by atoms with Crippen LogP contribution in [0.2, 0.25) is 5.02 Å². The summed E-state index contributed by atoms with van der Waals surface area (Å²) in [6.45, 7) is 4.62. The number of morpholine rings is 1. The second-order valence-electron chi connectivity index (χ2n) is 5.37. The lowest BCUT2D eigenvalue weighted by atomic mass is 10.3. The summed E-state index contributed by atoms with van der Waals surface area (Å²) in [5.41, 5.74) is 0. The highest BCUT2D eigenvalue weighted by molar-refractivity contribution is 7.92. The van der Waals surface area contributed by atoms with Crippen LogP contribution >= 0.6 is 11.6 Å². The number of carbonyl (C=O) groups excluding carboxylic acids is 1. The average Bonchev–Trinajstić information content (AvgIpc) is 2.52. The average molecular weight is 361 g/mol. The molecule has 0 atom stereocenters. The van der Waals surface area contributed by atoms with Crippen LogP contribution in [0.5, 0.6) is 0 Å². The molecular formula is C15H21ClN2O4S. The number of carbonyl (C=O) groups is 1. The van der Waals surface area contributed by atoms with E-state index in [0.29, 0.717) is 11.6 Å². The third kappa shape index (κ3) is 6.10. The molecule has 0 aliphatic carbocycles. The number of hydrogen-bond donors (Lipinski definition) is 1. The van der Waals surface area contributed by atoms with Gasteiger partial charge in [0.25, 0.3) is 0 Å². The van der Waals surface area contributed by atoms with Gasteiger partial charge in [-0.2, -0.15) is 0 Å². The van der Waals surface area contributed by atoms with E-state index in [1.165, 1.54) is 24.3 Å². The zero-order valence-electron chi connectivity index (χ0n) is 12.8. The smallest absolute Gasteiger partial charge is 0.235 e. The largest absolute Gasteiger partial charge is 0.379 e. The lowest BCUT2D eigenvalue weighted by Gasteiger charge is -2.26. The van der Waals surface area contributed by atoms with Crippen LogP contribution in [0.1, 0.15) is 6.42 Å². The van der Waals surface area contributed by atoms with Crippen LogP contribution in [0.25, 0.3) is 0 Å². The van der Waals surface area contributed by atoms with Gasteiger partial charge in [-0.05, 0) is 37.2 Å². The first-order valence-corrected chi connectivity index (χ1v) is 9.55. The lowest BCUT2D eigenvalue weighted by Crippen LogP contribution is -2.38. The number of benzene rings is 1. The van der Waals surface area contributed by atoms with E-state index in [0.717, 1.165) is 39.3 Å². The number of halogens is 1. The first kappa shape index (κ1) is 18.2. The molecule has 2 rings (SSSR count). The molecule has 1 saturated heterocycles. The molecule has 1 N–H and O–H groups in total. The molecule has 0 radical (unpaired) electrons. The molecule has 1 heterocycles. The van der Waals surface area contributed by atoms with E-state index in [2.05, 4.69) is 10.2 Å². The Kier molecular flexibility index (Phi) is 6.83. The molecule has 0 aromatic heterocycles. The zero-order chi connectivity index (χ0) is 16.7. The predicted octanol–water partition coefficient (Wildman–Crippen LogP) is 0.952. The molecule has 1 aromatic rings. The summed E-state index contributed by atoms with van der Waals surface area (Å²) < 4.78 is 29.5. The molecule has 1 aliphatic heterocycles. The fourth-order valence-corrected chi connectivity index (χ4v) is 3.59. The number of sulfone groups is 1. The Bertz CT molecular complexity index is 613. The Labute approximate surface area is 141 Å². The molecule has 6 nitrogen and oxygen atoms in total. The van der Waals surface area contributed by atoms with E-state index < -0.39 is 21.5 Å². The van der Waals surface area contributed by atoms with Crippen molar-refractivity contribution in [3.8, 4) is 0 Å². The van der Waals surface area contributed by atoms with Crippen molar-refractivity contribution >= 4 is 27.3 Å². The SMILES string of the molecule is O=C(CS(=O)(=O)c1ccc(Cl)cc1)NCCCN1CCOCC1. The predicted molar refractivity (Wildman–Crippen MR) is 88.4 cm³/mol. The van der Waals surface area contributed by atoms with Crippen molar-refractivity contribution in [1.82, 2.24) is 10.2 Å². The Balaban J connectivity index is 1.72. The van der Waals surface area contributed by atoms with Gasteiger partial charge in [0.1, 0.15) is 5.75 Å². The van der Waals surface area contributed by atoms with Crippen LogP contribution in [-0.2, 0) is 19.4 Å². The van der Waals surface area contributed by atoms with Crippen LogP contribution in [0.3, 0.4) is 0 Å². The van der Waals surface area contributed by atoms with Crippen molar-refractivity contribution in [3.63, 3.8) is 0 Å². The van der Waals surface area contributed by atoms with Gasteiger partial charge in [0.05, 0.1) is 18.1 Å². The number of amides is 1. The van der Waals surface area contributed by atoms with Crippen molar-refractivity contribution in [2.24, 2.45) is 0 Å². The van der Waals surface area contributed by atoms with Crippen molar-refractivity contribution in [3.05, 3.63) is 29.3 Å². The lowest BCUT2D eigenvalue weighted by molar-refractivity contribution is -0.118. The highest BCUT2D eigenvalue weighted by Crippen LogP contribution is 2.15. The molecule has 0 saturated carbocycles. The van der Waals surface area contributed by atoms with Crippen molar-refractivity contribution < 1.29 is 17.9 Å². The molecule has 1 aromatic carbocycles. The summed E-state index contributed by atoms with van der Waals surface area (Å²) in [7, 11) is -3.63. The molecular weight excluding hydrogens is 340 g/mol. The maximum atomic E-state index is 12.1. The van der Waals surface area contributed by atoms with Gasteiger partial charge >= 0.3 is 0 Å². The number of hydrogen-bond acceptors (Lipinski definition) is 5. The first-order valence-electron chi connectivity index (χ1n) is 7.52. The minimum absolute atomic E-state index is 0.102. The number of rotatable bonds is 7. The molecule has 0 bridgehead atoms. The third-order valence-corrected chi connectivity index (χ3v) is 5.46. The molecule has 128 valence electrons. The van der Waals surface area contributed by atoms with Crippen LogP contribution in [0.15, 0.2) is 29.2 Å². The standard InChI is InChI=1S/C15H21ClN2O4S/c16-13-2-4-14(5-3-13)23(20,21)12-15(19)17-6-1-7-18-8-10-22-11-9-18/h2-5H,1,6-12H2,(H,17,19). The minimum Gasteiger partial charge on any atom is -0.379 e. The number of nitrogens with zero attached hydrogens (tertiary/aromatic N) is 1. The number of ether oxygens (including phenoxy) is 1. The summed E-state index contributed by atoms with van der Waals surface area (Å²) in [4.78, 5) is 14.2. The quantitative estimate of drug-likeness (QED) is 0.733. The second kappa shape index (κ2) is 8.63. The molecule has 23 heavy (non-hydrogen) atoms. The molecule has 0 unspecified atom stereocenters. The molecule has 1 fully saturated rings.